The molecule has 3 rings (SSSR count). The smallest absolute Gasteiger partial charge is 0.387 e. The van der Waals surface area contributed by atoms with E-state index in [2.05, 4.69) is 10.1 Å². The van der Waals surface area contributed by atoms with Crippen LogP contribution < -0.4 is 14.8 Å². The highest BCUT2D eigenvalue weighted by Gasteiger charge is 2.27. The van der Waals surface area contributed by atoms with E-state index in [1.165, 1.54) is 53.9 Å². The van der Waals surface area contributed by atoms with E-state index >= 15 is 0 Å². The Bertz CT molecular complexity index is 975. The molecular weight excluding hydrogens is 406 g/mol. The fourth-order valence-corrected chi connectivity index (χ4v) is 4.51. The molecule has 0 bridgehead atoms. The molecule has 1 amide bonds. The van der Waals surface area contributed by atoms with Gasteiger partial charge in [0, 0.05) is 24.3 Å². The SMILES string of the molecule is COc1cc(C(=O)Nc2ccc(S(=O)(=O)N3CCCC3)cc2)ccc1OC(F)F. The van der Waals surface area contributed by atoms with E-state index in [1.54, 1.807) is 0 Å². The molecule has 0 radical (unpaired) electrons. The van der Waals surface area contributed by atoms with Crippen LogP contribution in [-0.4, -0.2) is 45.4 Å². The van der Waals surface area contributed by atoms with Crippen LogP contribution in [0.15, 0.2) is 47.4 Å². The van der Waals surface area contributed by atoms with Crippen LogP contribution in [0.3, 0.4) is 0 Å². The van der Waals surface area contributed by atoms with Crippen molar-refractivity contribution in [3.05, 3.63) is 48.0 Å². The van der Waals surface area contributed by atoms with Gasteiger partial charge in [-0.3, -0.25) is 4.79 Å². The predicted octanol–water partition coefficient (Wildman–Crippen LogP) is 3.33. The van der Waals surface area contributed by atoms with Crippen LogP contribution in [0.2, 0.25) is 0 Å². The first-order valence-electron chi connectivity index (χ1n) is 8.85. The molecule has 7 nitrogen and oxygen atoms in total. The van der Waals surface area contributed by atoms with E-state index in [0.29, 0.717) is 18.8 Å². The maximum Gasteiger partial charge on any atom is 0.387 e. The van der Waals surface area contributed by atoms with Gasteiger partial charge >= 0.3 is 6.61 Å². The van der Waals surface area contributed by atoms with Gasteiger partial charge in [0.05, 0.1) is 12.0 Å². The van der Waals surface area contributed by atoms with Gasteiger partial charge in [-0.1, -0.05) is 0 Å². The summed E-state index contributed by atoms with van der Waals surface area (Å²) in [5.74, 6) is -0.706. The number of amides is 1. The zero-order chi connectivity index (χ0) is 21.0. The van der Waals surface area contributed by atoms with E-state index in [4.69, 9.17) is 4.74 Å². The Morgan fingerprint density at radius 2 is 1.72 bits per heavy atom. The highest BCUT2D eigenvalue weighted by Crippen LogP contribution is 2.30. The number of hydrogen-bond donors (Lipinski definition) is 1. The number of halogens is 2. The summed E-state index contributed by atoms with van der Waals surface area (Å²) in [6.45, 7) is -2.00. The standard InChI is InChI=1S/C19H20F2N2O5S/c1-27-17-12-13(4-9-16(17)28-19(20)21)18(24)22-14-5-7-15(8-6-14)29(25,26)23-10-2-3-11-23/h4-9,12,19H,2-3,10-11H2,1H3,(H,22,24). The topological polar surface area (TPSA) is 84.9 Å². The van der Waals surface area contributed by atoms with E-state index < -0.39 is 22.5 Å². The molecule has 0 aliphatic carbocycles. The van der Waals surface area contributed by atoms with Gasteiger partial charge in [0.2, 0.25) is 10.0 Å². The zero-order valence-electron chi connectivity index (χ0n) is 15.6. The van der Waals surface area contributed by atoms with E-state index in [-0.39, 0.29) is 22.0 Å². The van der Waals surface area contributed by atoms with Crippen LogP contribution in [0.5, 0.6) is 11.5 Å². The van der Waals surface area contributed by atoms with Gasteiger partial charge in [-0.15, -0.1) is 0 Å². The summed E-state index contributed by atoms with van der Waals surface area (Å²) in [5.41, 5.74) is 0.555. The Morgan fingerprint density at radius 3 is 2.31 bits per heavy atom. The van der Waals surface area contributed by atoms with Gasteiger partial charge in [-0.25, -0.2) is 8.42 Å². The number of benzene rings is 2. The fraction of sp³-hybridized carbons (Fsp3) is 0.316. The molecule has 1 heterocycles. The first-order valence-corrected chi connectivity index (χ1v) is 10.3. The van der Waals surface area contributed by atoms with Crippen molar-refractivity contribution in [1.82, 2.24) is 4.31 Å². The lowest BCUT2D eigenvalue weighted by molar-refractivity contribution is -0.0512. The maximum absolute atomic E-state index is 12.5. The van der Waals surface area contributed by atoms with Crippen molar-refractivity contribution >= 4 is 21.6 Å². The van der Waals surface area contributed by atoms with Gasteiger partial charge in [0.15, 0.2) is 11.5 Å². The van der Waals surface area contributed by atoms with Crippen molar-refractivity contribution in [2.75, 3.05) is 25.5 Å². The second kappa shape index (κ2) is 8.75. The van der Waals surface area contributed by atoms with E-state index in [0.717, 1.165) is 12.8 Å². The zero-order valence-corrected chi connectivity index (χ0v) is 16.4. The van der Waals surface area contributed by atoms with Crippen molar-refractivity contribution in [2.24, 2.45) is 0 Å². The summed E-state index contributed by atoms with van der Waals surface area (Å²) in [5, 5.41) is 2.63. The third-order valence-electron chi connectivity index (χ3n) is 4.46. The number of carbonyl (C=O) groups excluding carboxylic acids is 1. The van der Waals surface area contributed by atoms with Crippen molar-refractivity contribution in [3.8, 4) is 11.5 Å². The van der Waals surface area contributed by atoms with Crippen molar-refractivity contribution < 1.29 is 31.5 Å². The minimum absolute atomic E-state index is 0.00926. The second-order valence-corrected chi connectivity index (χ2v) is 8.27. The number of rotatable bonds is 7. The summed E-state index contributed by atoms with van der Waals surface area (Å²) >= 11 is 0. The molecule has 1 aliphatic heterocycles. The Hall–Kier alpha value is -2.72. The lowest BCUT2D eigenvalue weighted by Gasteiger charge is -2.15. The molecule has 1 aliphatic rings. The largest absolute Gasteiger partial charge is 0.493 e. The van der Waals surface area contributed by atoms with E-state index in [9.17, 15) is 22.0 Å². The lowest BCUT2D eigenvalue weighted by Crippen LogP contribution is -2.27. The molecule has 0 unspecified atom stereocenters. The number of methoxy groups -OCH3 is 1. The van der Waals surface area contributed by atoms with Gasteiger partial charge in [0.25, 0.3) is 5.91 Å². The number of anilines is 1. The highest BCUT2D eigenvalue weighted by molar-refractivity contribution is 7.89. The Morgan fingerprint density at radius 1 is 1.07 bits per heavy atom. The maximum atomic E-state index is 12.5. The fourth-order valence-electron chi connectivity index (χ4n) is 2.99. The van der Waals surface area contributed by atoms with E-state index in [1.807, 2.05) is 0 Å². The number of carbonyl (C=O) groups is 1. The van der Waals surface area contributed by atoms with Crippen molar-refractivity contribution in [1.29, 1.82) is 0 Å². The third-order valence-corrected chi connectivity index (χ3v) is 6.37. The number of ether oxygens (including phenoxy) is 2. The van der Waals surface area contributed by atoms with Crippen molar-refractivity contribution in [2.45, 2.75) is 24.3 Å². The first kappa shape index (κ1) is 21.0. The Kier molecular flexibility index (Phi) is 6.33. The molecular formula is C19H20F2N2O5S. The summed E-state index contributed by atoms with van der Waals surface area (Å²) in [7, 11) is -2.26. The molecule has 29 heavy (non-hydrogen) atoms. The third kappa shape index (κ3) is 4.83. The minimum Gasteiger partial charge on any atom is -0.493 e. The Labute approximate surface area is 167 Å². The molecule has 0 spiro atoms. The van der Waals surface area contributed by atoms with Crippen molar-refractivity contribution in [3.63, 3.8) is 0 Å². The van der Waals surface area contributed by atoms with Gasteiger partial charge < -0.3 is 14.8 Å². The molecule has 2 aromatic carbocycles. The first-order chi connectivity index (χ1) is 13.8. The molecule has 10 heteroatoms. The van der Waals surface area contributed by atoms with Gasteiger partial charge in [-0.2, -0.15) is 13.1 Å². The summed E-state index contributed by atoms with van der Waals surface area (Å²) in [6.07, 6.45) is 1.69. The van der Waals surface area contributed by atoms with Crippen LogP contribution in [0.4, 0.5) is 14.5 Å². The van der Waals surface area contributed by atoms with Gasteiger partial charge in [-0.05, 0) is 55.3 Å². The number of alkyl halides is 2. The van der Waals surface area contributed by atoms with Crippen LogP contribution in [0.25, 0.3) is 0 Å². The highest BCUT2D eigenvalue weighted by atomic mass is 32.2. The van der Waals surface area contributed by atoms with Gasteiger partial charge in [0.1, 0.15) is 0 Å². The molecule has 1 saturated heterocycles. The number of hydrogen-bond acceptors (Lipinski definition) is 5. The summed E-state index contributed by atoms with van der Waals surface area (Å²) in [4.78, 5) is 12.6. The molecule has 1 N–H and O–H groups in total. The van der Waals surface area contributed by atoms with Crippen LogP contribution >= 0.6 is 0 Å². The minimum atomic E-state index is -3.53. The quantitative estimate of drug-likeness (QED) is 0.734. The van der Waals surface area contributed by atoms with Crippen LogP contribution in [0, 0.1) is 0 Å². The van der Waals surface area contributed by atoms with Crippen LogP contribution in [0.1, 0.15) is 23.2 Å². The molecule has 0 saturated carbocycles. The average molecular weight is 426 g/mol. The average Bonchev–Trinajstić information content (AvgIpc) is 3.24. The normalized spacial score (nSPS) is 14.8. The Balaban J connectivity index is 1.72. The molecule has 1 fully saturated rings. The number of sulfonamides is 1. The number of nitrogens with zero attached hydrogens (tertiary/aromatic N) is 1. The van der Waals surface area contributed by atoms with Crippen LogP contribution in [-0.2, 0) is 10.0 Å². The summed E-state index contributed by atoms with van der Waals surface area (Å²) in [6, 6.07) is 9.66. The molecule has 156 valence electrons. The second-order valence-electron chi connectivity index (χ2n) is 6.33. The molecule has 0 aromatic heterocycles. The molecule has 0 atom stereocenters. The number of nitrogens with one attached hydrogen (secondary N) is 1. The summed E-state index contributed by atoms with van der Waals surface area (Å²) < 4.78 is 60.6. The monoisotopic (exact) mass is 426 g/mol. The predicted molar refractivity (Wildman–Crippen MR) is 102 cm³/mol. The lowest BCUT2D eigenvalue weighted by atomic mass is 10.2. The molecule has 2 aromatic rings.